The Balaban J connectivity index is 1.90. The van der Waals surface area contributed by atoms with Crippen LogP contribution in [0, 0.1) is 6.92 Å². The van der Waals surface area contributed by atoms with Crippen molar-refractivity contribution >= 4 is 6.08 Å². The normalized spacial score (nSPS) is 13.8. The van der Waals surface area contributed by atoms with Crippen molar-refractivity contribution in [2.75, 3.05) is 0 Å². The third-order valence-electron chi connectivity index (χ3n) is 5.14. The van der Waals surface area contributed by atoms with Crippen molar-refractivity contribution in [3.8, 4) is 11.4 Å². The Morgan fingerprint density at radius 3 is 2.64 bits per heavy atom. The lowest BCUT2D eigenvalue weighted by molar-refractivity contribution is 0.394. The van der Waals surface area contributed by atoms with Crippen LogP contribution in [0.1, 0.15) is 42.0 Å². The first kappa shape index (κ1) is 18.2. The van der Waals surface area contributed by atoms with Gasteiger partial charge < -0.3 is 4.52 Å². The first-order chi connectivity index (χ1) is 13.6. The summed E-state index contributed by atoms with van der Waals surface area (Å²) >= 11 is 0. The summed E-state index contributed by atoms with van der Waals surface area (Å²) in [5.74, 6) is 0.642. The molecule has 0 saturated heterocycles. The molecule has 144 valence electrons. The Kier molecular flexibility index (Phi) is 4.81. The van der Waals surface area contributed by atoms with Crippen molar-refractivity contribution in [1.82, 2.24) is 19.3 Å². The number of aromatic nitrogens is 4. The molecule has 4 rings (SSSR count). The smallest absolute Gasteiger partial charge is 0.331 e. The van der Waals surface area contributed by atoms with E-state index in [9.17, 15) is 9.59 Å². The van der Waals surface area contributed by atoms with Gasteiger partial charge >= 0.3 is 5.69 Å². The quantitative estimate of drug-likeness (QED) is 0.697. The number of nitrogens with zero attached hydrogens (tertiary/aromatic N) is 4. The predicted octanol–water partition coefficient (Wildman–Crippen LogP) is 2.79. The van der Waals surface area contributed by atoms with Crippen molar-refractivity contribution in [2.45, 2.75) is 45.7 Å². The minimum Gasteiger partial charge on any atom is -0.339 e. The molecule has 0 N–H and O–H groups in total. The summed E-state index contributed by atoms with van der Waals surface area (Å²) in [6, 6.07) is 7.63. The molecule has 2 aromatic heterocycles. The summed E-state index contributed by atoms with van der Waals surface area (Å²) in [4.78, 5) is 30.7. The molecule has 3 aromatic rings. The number of hydrogen-bond donors (Lipinski definition) is 0. The maximum Gasteiger partial charge on any atom is 0.331 e. The van der Waals surface area contributed by atoms with Gasteiger partial charge in [-0.25, -0.2) is 4.79 Å². The second-order valence-electron chi connectivity index (χ2n) is 7.04. The molecule has 0 bridgehead atoms. The molecule has 0 saturated carbocycles. The molecule has 1 aliphatic heterocycles. The lowest BCUT2D eigenvalue weighted by Gasteiger charge is -2.16. The minimum atomic E-state index is -0.369. The first-order valence-corrected chi connectivity index (χ1v) is 9.47. The summed E-state index contributed by atoms with van der Waals surface area (Å²) < 4.78 is 8.10. The van der Waals surface area contributed by atoms with Crippen LogP contribution in [0.4, 0.5) is 0 Å². The van der Waals surface area contributed by atoms with Crippen LogP contribution in [0.5, 0.6) is 0 Å². The van der Waals surface area contributed by atoms with Gasteiger partial charge in [0.2, 0.25) is 11.7 Å². The van der Waals surface area contributed by atoms with Crippen molar-refractivity contribution in [2.24, 2.45) is 0 Å². The number of hydrogen-bond acceptors (Lipinski definition) is 5. The van der Waals surface area contributed by atoms with Gasteiger partial charge in [-0.2, -0.15) is 4.98 Å². The predicted molar refractivity (Wildman–Crippen MR) is 106 cm³/mol. The molecule has 3 heterocycles. The van der Waals surface area contributed by atoms with E-state index in [-0.39, 0.29) is 23.6 Å². The van der Waals surface area contributed by atoms with Gasteiger partial charge in [-0.05, 0) is 30.4 Å². The summed E-state index contributed by atoms with van der Waals surface area (Å²) in [6.07, 6.45) is 5.26. The molecule has 0 radical (unpaired) electrons. The largest absolute Gasteiger partial charge is 0.339 e. The maximum atomic E-state index is 13.3. The molecular formula is C21H22N4O3. The van der Waals surface area contributed by atoms with Gasteiger partial charge in [-0.1, -0.05) is 48.5 Å². The highest BCUT2D eigenvalue weighted by atomic mass is 16.5. The molecule has 7 nitrogen and oxygen atoms in total. The summed E-state index contributed by atoms with van der Waals surface area (Å²) in [5, 5.41) is 3.96. The van der Waals surface area contributed by atoms with Gasteiger partial charge in [0.05, 0.1) is 6.54 Å². The van der Waals surface area contributed by atoms with E-state index in [1.807, 2.05) is 24.3 Å². The van der Waals surface area contributed by atoms with Crippen molar-refractivity contribution < 1.29 is 4.52 Å². The third kappa shape index (κ3) is 3.24. The molecule has 1 aliphatic rings. The first-order valence-electron chi connectivity index (χ1n) is 9.47. The van der Waals surface area contributed by atoms with E-state index in [0.29, 0.717) is 30.1 Å². The van der Waals surface area contributed by atoms with Crippen molar-refractivity contribution in [1.29, 1.82) is 0 Å². The van der Waals surface area contributed by atoms with Crippen molar-refractivity contribution in [3.63, 3.8) is 0 Å². The monoisotopic (exact) mass is 378 g/mol. The zero-order valence-electron chi connectivity index (χ0n) is 15.9. The molecule has 0 atom stereocenters. The highest BCUT2D eigenvalue weighted by Gasteiger charge is 2.24. The molecule has 28 heavy (non-hydrogen) atoms. The highest BCUT2D eigenvalue weighted by molar-refractivity contribution is 5.56. The lowest BCUT2D eigenvalue weighted by Crippen LogP contribution is -2.42. The van der Waals surface area contributed by atoms with Gasteiger partial charge in [0, 0.05) is 19.2 Å². The van der Waals surface area contributed by atoms with E-state index in [4.69, 9.17) is 4.52 Å². The Labute approximate surface area is 162 Å². The second-order valence-corrected chi connectivity index (χ2v) is 7.04. The third-order valence-corrected chi connectivity index (χ3v) is 5.14. The molecule has 0 unspecified atom stereocenters. The SMILES string of the molecule is C=Cc1ccc(Cn2c(=O)c(-c3noc(C)n3)c3n(c2=O)CCCCC3)cc1. The number of aryl methyl sites for hydroxylation is 1. The highest BCUT2D eigenvalue weighted by Crippen LogP contribution is 2.21. The van der Waals surface area contributed by atoms with E-state index < -0.39 is 0 Å². The maximum absolute atomic E-state index is 13.3. The second kappa shape index (κ2) is 7.42. The van der Waals surface area contributed by atoms with Gasteiger partial charge in [-0.3, -0.25) is 13.9 Å². The zero-order valence-corrected chi connectivity index (χ0v) is 15.9. The molecule has 1 aromatic carbocycles. The van der Waals surface area contributed by atoms with E-state index in [1.54, 1.807) is 17.6 Å². The number of benzene rings is 1. The van der Waals surface area contributed by atoms with E-state index in [2.05, 4.69) is 16.7 Å². The van der Waals surface area contributed by atoms with Crippen molar-refractivity contribution in [3.05, 3.63) is 74.4 Å². The molecule has 0 aliphatic carbocycles. The van der Waals surface area contributed by atoms with Gasteiger partial charge in [0.1, 0.15) is 5.56 Å². The van der Waals surface area contributed by atoms with E-state index >= 15 is 0 Å². The van der Waals surface area contributed by atoms with Crippen LogP contribution in [-0.2, 0) is 19.5 Å². The molecule has 0 fully saturated rings. The fourth-order valence-corrected chi connectivity index (χ4v) is 3.68. The van der Waals surface area contributed by atoms with Crippen LogP contribution in [-0.4, -0.2) is 19.3 Å². The van der Waals surface area contributed by atoms with Crippen LogP contribution >= 0.6 is 0 Å². The topological polar surface area (TPSA) is 82.9 Å². The van der Waals surface area contributed by atoms with Crippen LogP contribution in [0.15, 0.2) is 45.0 Å². The van der Waals surface area contributed by atoms with Crippen LogP contribution in [0.2, 0.25) is 0 Å². The summed E-state index contributed by atoms with van der Waals surface area (Å²) in [6.45, 7) is 6.21. The number of rotatable bonds is 4. The summed E-state index contributed by atoms with van der Waals surface area (Å²) in [5.41, 5.74) is 2.30. The Morgan fingerprint density at radius 2 is 1.96 bits per heavy atom. The fourth-order valence-electron chi connectivity index (χ4n) is 3.68. The Bertz CT molecular complexity index is 1140. The lowest BCUT2D eigenvalue weighted by atomic mass is 10.1. The average molecular weight is 378 g/mol. The van der Waals surface area contributed by atoms with Gasteiger partial charge in [-0.15, -0.1) is 0 Å². The van der Waals surface area contributed by atoms with E-state index in [1.165, 1.54) is 4.57 Å². The van der Waals surface area contributed by atoms with Gasteiger partial charge in [0.25, 0.3) is 5.56 Å². The Morgan fingerprint density at radius 1 is 1.18 bits per heavy atom. The Hall–Kier alpha value is -3.22. The van der Waals surface area contributed by atoms with Crippen LogP contribution in [0.3, 0.4) is 0 Å². The van der Waals surface area contributed by atoms with E-state index in [0.717, 1.165) is 30.4 Å². The number of fused-ring (bicyclic) bond motifs is 1. The zero-order chi connectivity index (χ0) is 19.7. The van der Waals surface area contributed by atoms with Crippen LogP contribution < -0.4 is 11.2 Å². The molecule has 0 amide bonds. The fraction of sp³-hybridized carbons (Fsp3) is 0.333. The van der Waals surface area contributed by atoms with Gasteiger partial charge in [0.15, 0.2) is 0 Å². The molecule has 0 spiro atoms. The molecule has 7 heteroatoms. The summed E-state index contributed by atoms with van der Waals surface area (Å²) in [7, 11) is 0. The van der Waals surface area contributed by atoms with Crippen LogP contribution in [0.25, 0.3) is 17.5 Å². The minimum absolute atomic E-state index is 0.194. The average Bonchev–Trinajstić information content (AvgIpc) is 2.98. The molecular weight excluding hydrogens is 356 g/mol. The standard InChI is InChI=1S/C21H22N4O3/c1-3-15-8-10-16(11-9-15)13-25-20(26)18(19-22-14(2)28-23-19)17-7-5-4-6-12-24(17)21(25)27/h3,8-11H,1,4-7,12-13H2,2H3.